The minimum atomic E-state index is -1.22. The molecule has 4 N–H and O–H groups in total. The standard InChI is InChI=1S/C22H22N4O2/c23-12-16-3-7-18(8-4-16)17-5-1-15(2-6-17)11-19(13-24)20-14-28-10-9-22(20,26)21(25)27/h1-8,19-20H,9-11,14,26H2,(H2,25,27). The highest BCUT2D eigenvalue weighted by Gasteiger charge is 2.46. The summed E-state index contributed by atoms with van der Waals surface area (Å²) in [5.74, 6) is -1.50. The van der Waals surface area contributed by atoms with Crippen LogP contribution in [-0.2, 0) is 16.0 Å². The van der Waals surface area contributed by atoms with Crippen LogP contribution >= 0.6 is 0 Å². The molecule has 1 aliphatic rings. The van der Waals surface area contributed by atoms with Gasteiger partial charge in [0.05, 0.1) is 30.2 Å². The molecule has 3 rings (SSSR count). The number of primary amides is 1. The van der Waals surface area contributed by atoms with Crippen LogP contribution in [0.1, 0.15) is 17.5 Å². The van der Waals surface area contributed by atoms with Gasteiger partial charge in [0.15, 0.2) is 0 Å². The summed E-state index contributed by atoms with van der Waals surface area (Å²) < 4.78 is 5.48. The van der Waals surface area contributed by atoms with Gasteiger partial charge in [0, 0.05) is 12.5 Å². The second-order valence-corrected chi connectivity index (χ2v) is 7.16. The zero-order chi connectivity index (χ0) is 20.1. The lowest BCUT2D eigenvalue weighted by Crippen LogP contribution is -2.63. The van der Waals surface area contributed by atoms with Crippen molar-refractivity contribution in [3.63, 3.8) is 0 Å². The van der Waals surface area contributed by atoms with E-state index in [-0.39, 0.29) is 6.61 Å². The Morgan fingerprint density at radius 1 is 1.14 bits per heavy atom. The predicted octanol–water partition coefficient (Wildman–Crippen LogP) is 2.13. The Bertz CT molecular complexity index is 925. The number of nitrogens with two attached hydrogens (primary N) is 2. The highest BCUT2D eigenvalue weighted by Crippen LogP contribution is 2.32. The van der Waals surface area contributed by atoms with Gasteiger partial charge in [-0.15, -0.1) is 0 Å². The third-order valence-electron chi connectivity index (χ3n) is 5.49. The van der Waals surface area contributed by atoms with Gasteiger partial charge in [-0.05, 0) is 41.7 Å². The fourth-order valence-electron chi connectivity index (χ4n) is 3.67. The lowest BCUT2D eigenvalue weighted by Gasteiger charge is -2.40. The molecule has 0 bridgehead atoms. The van der Waals surface area contributed by atoms with E-state index in [4.69, 9.17) is 21.5 Å². The summed E-state index contributed by atoms with van der Waals surface area (Å²) in [5, 5.41) is 18.6. The molecule has 2 aromatic rings. The van der Waals surface area contributed by atoms with E-state index in [2.05, 4.69) is 12.1 Å². The molecule has 2 aromatic carbocycles. The third kappa shape index (κ3) is 3.89. The van der Waals surface area contributed by atoms with Crippen molar-refractivity contribution in [3.8, 4) is 23.3 Å². The van der Waals surface area contributed by atoms with Crippen LogP contribution in [0, 0.1) is 34.5 Å². The largest absolute Gasteiger partial charge is 0.381 e. The lowest BCUT2D eigenvalue weighted by molar-refractivity contribution is -0.131. The molecule has 1 aliphatic heterocycles. The molecule has 6 nitrogen and oxygen atoms in total. The molecule has 142 valence electrons. The summed E-state index contributed by atoms with van der Waals surface area (Å²) in [7, 11) is 0. The summed E-state index contributed by atoms with van der Waals surface area (Å²) in [6, 6.07) is 19.6. The average Bonchev–Trinajstić information content (AvgIpc) is 2.73. The van der Waals surface area contributed by atoms with E-state index in [1.54, 1.807) is 12.1 Å². The van der Waals surface area contributed by atoms with Crippen LogP contribution in [0.5, 0.6) is 0 Å². The zero-order valence-corrected chi connectivity index (χ0v) is 15.5. The maximum Gasteiger partial charge on any atom is 0.238 e. The predicted molar refractivity (Wildman–Crippen MR) is 104 cm³/mol. The van der Waals surface area contributed by atoms with Crippen LogP contribution < -0.4 is 11.5 Å². The third-order valence-corrected chi connectivity index (χ3v) is 5.49. The summed E-state index contributed by atoms with van der Waals surface area (Å²) >= 11 is 0. The summed E-state index contributed by atoms with van der Waals surface area (Å²) in [5.41, 5.74) is 14.2. The molecule has 6 heteroatoms. The molecule has 0 radical (unpaired) electrons. The van der Waals surface area contributed by atoms with Gasteiger partial charge in [-0.1, -0.05) is 36.4 Å². The molecule has 1 heterocycles. The van der Waals surface area contributed by atoms with E-state index < -0.39 is 23.3 Å². The van der Waals surface area contributed by atoms with E-state index in [9.17, 15) is 10.1 Å². The zero-order valence-electron chi connectivity index (χ0n) is 15.5. The lowest BCUT2D eigenvalue weighted by atomic mass is 9.71. The molecule has 28 heavy (non-hydrogen) atoms. The number of hydrogen-bond acceptors (Lipinski definition) is 5. The van der Waals surface area contributed by atoms with Crippen LogP contribution in [0.2, 0.25) is 0 Å². The van der Waals surface area contributed by atoms with Crippen molar-refractivity contribution in [1.82, 2.24) is 0 Å². The fourth-order valence-corrected chi connectivity index (χ4v) is 3.67. The minimum absolute atomic E-state index is 0.251. The molecule has 1 saturated heterocycles. The van der Waals surface area contributed by atoms with Crippen LogP contribution in [0.15, 0.2) is 48.5 Å². The first-order chi connectivity index (χ1) is 13.5. The SMILES string of the molecule is N#Cc1ccc(-c2ccc(CC(C#N)C3COCCC3(N)C(N)=O)cc2)cc1. The number of hydrogen-bond donors (Lipinski definition) is 2. The van der Waals surface area contributed by atoms with Crippen LogP contribution in [0.4, 0.5) is 0 Å². The Morgan fingerprint density at radius 2 is 1.75 bits per heavy atom. The second kappa shape index (κ2) is 8.22. The van der Waals surface area contributed by atoms with Crippen molar-refractivity contribution < 1.29 is 9.53 Å². The summed E-state index contributed by atoms with van der Waals surface area (Å²) in [6.45, 7) is 0.619. The normalized spacial score (nSPS) is 22.6. The van der Waals surface area contributed by atoms with Gasteiger partial charge in [0.25, 0.3) is 0 Å². The van der Waals surface area contributed by atoms with Crippen molar-refractivity contribution in [2.45, 2.75) is 18.4 Å². The molecule has 0 spiro atoms. The average molecular weight is 374 g/mol. The number of carbonyl (C=O) groups is 1. The van der Waals surface area contributed by atoms with Crippen molar-refractivity contribution in [3.05, 3.63) is 59.7 Å². The monoisotopic (exact) mass is 374 g/mol. The van der Waals surface area contributed by atoms with Crippen LogP contribution in [-0.4, -0.2) is 24.7 Å². The van der Waals surface area contributed by atoms with Crippen molar-refractivity contribution in [2.75, 3.05) is 13.2 Å². The number of nitriles is 2. The molecular weight excluding hydrogens is 352 g/mol. The molecular formula is C22H22N4O2. The van der Waals surface area contributed by atoms with Gasteiger partial charge >= 0.3 is 0 Å². The first-order valence-electron chi connectivity index (χ1n) is 9.13. The number of benzene rings is 2. The van der Waals surface area contributed by atoms with Crippen molar-refractivity contribution >= 4 is 5.91 Å². The molecule has 1 amide bonds. The number of rotatable bonds is 5. The number of carbonyl (C=O) groups excluding carboxylic acids is 1. The molecule has 3 unspecified atom stereocenters. The van der Waals surface area contributed by atoms with Gasteiger partial charge in [-0.2, -0.15) is 10.5 Å². The Balaban J connectivity index is 1.77. The Kier molecular flexibility index (Phi) is 5.75. The maximum absolute atomic E-state index is 11.9. The van der Waals surface area contributed by atoms with E-state index in [0.717, 1.165) is 16.7 Å². The van der Waals surface area contributed by atoms with Gasteiger partial charge in [-0.25, -0.2) is 0 Å². The van der Waals surface area contributed by atoms with E-state index >= 15 is 0 Å². The van der Waals surface area contributed by atoms with Gasteiger partial charge in [-0.3, -0.25) is 4.79 Å². The van der Waals surface area contributed by atoms with Gasteiger partial charge in [0.1, 0.15) is 5.54 Å². The second-order valence-electron chi connectivity index (χ2n) is 7.16. The Labute approximate surface area is 164 Å². The van der Waals surface area contributed by atoms with E-state index in [1.165, 1.54) is 0 Å². The van der Waals surface area contributed by atoms with Gasteiger partial charge < -0.3 is 16.2 Å². The van der Waals surface area contributed by atoms with Gasteiger partial charge in [0.2, 0.25) is 5.91 Å². The van der Waals surface area contributed by atoms with Crippen LogP contribution in [0.3, 0.4) is 0 Å². The first-order valence-corrected chi connectivity index (χ1v) is 9.13. The van der Waals surface area contributed by atoms with Crippen molar-refractivity contribution in [1.29, 1.82) is 10.5 Å². The summed E-state index contributed by atoms with van der Waals surface area (Å²) in [6.07, 6.45) is 0.785. The van der Waals surface area contributed by atoms with Crippen molar-refractivity contribution in [2.24, 2.45) is 23.3 Å². The Hall–Kier alpha value is -3.19. The highest BCUT2D eigenvalue weighted by atomic mass is 16.5. The number of amides is 1. The molecule has 0 aromatic heterocycles. The van der Waals surface area contributed by atoms with E-state index in [0.29, 0.717) is 25.0 Å². The minimum Gasteiger partial charge on any atom is -0.381 e. The number of nitrogens with zero attached hydrogens (tertiary/aromatic N) is 2. The maximum atomic E-state index is 11.9. The molecule has 0 aliphatic carbocycles. The summed E-state index contributed by atoms with van der Waals surface area (Å²) in [4.78, 5) is 11.9. The Morgan fingerprint density at radius 3 is 2.29 bits per heavy atom. The fraction of sp³-hybridized carbons (Fsp3) is 0.318. The first kappa shape index (κ1) is 19.6. The highest BCUT2D eigenvalue weighted by molar-refractivity contribution is 5.85. The quantitative estimate of drug-likeness (QED) is 0.829. The molecule has 1 fully saturated rings. The smallest absolute Gasteiger partial charge is 0.238 e. The van der Waals surface area contributed by atoms with E-state index in [1.807, 2.05) is 36.4 Å². The molecule has 0 saturated carbocycles. The number of ether oxygens (including phenoxy) is 1. The molecule has 3 atom stereocenters. The topological polar surface area (TPSA) is 126 Å². The van der Waals surface area contributed by atoms with Crippen LogP contribution in [0.25, 0.3) is 11.1 Å².